The lowest BCUT2D eigenvalue weighted by Crippen LogP contribution is -2.34. The number of rotatable bonds is 6. The normalized spacial score (nSPS) is 14.0. The third-order valence-corrected chi connectivity index (χ3v) is 2.82. The minimum absolute atomic E-state index is 0.176. The number of hydrogen-bond donors (Lipinski definition) is 3. The van der Waals surface area contributed by atoms with E-state index in [0.717, 1.165) is 17.5 Å². The minimum Gasteiger partial charge on any atom is -0.393 e. The number of benzene rings is 1. The molecule has 0 saturated carbocycles. The topological polar surface area (TPSA) is 75.4 Å². The van der Waals surface area contributed by atoms with Gasteiger partial charge in [0, 0.05) is 6.54 Å². The van der Waals surface area contributed by atoms with E-state index in [2.05, 4.69) is 5.32 Å². The summed E-state index contributed by atoms with van der Waals surface area (Å²) in [5, 5.41) is 11.9. The summed E-state index contributed by atoms with van der Waals surface area (Å²) in [7, 11) is 0. The van der Waals surface area contributed by atoms with Gasteiger partial charge in [-0.3, -0.25) is 4.79 Å². The third-order valence-electron chi connectivity index (χ3n) is 2.82. The summed E-state index contributed by atoms with van der Waals surface area (Å²) in [6.45, 7) is 4.27. The molecule has 1 aromatic rings. The quantitative estimate of drug-likeness (QED) is 0.666. The lowest BCUT2D eigenvalue weighted by molar-refractivity contribution is -0.122. The van der Waals surface area contributed by atoms with Crippen molar-refractivity contribution in [2.24, 2.45) is 5.73 Å². The Morgan fingerprint density at radius 3 is 2.56 bits per heavy atom. The van der Waals surface area contributed by atoms with E-state index in [4.69, 9.17) is 10.8 Å². The van der Waals surface area contributed by atoms with Crippen LogP contribution in [0.3, 0.4) is 0 Å². The molecule has 1 aromatic carbocycles. The van der Waals surface area contributed by atoms with E-state index in [1.807, 2.05) is 31.2 Å². The first kappa shape index (κ1) is 14.7. The van der Waals surface area contributed by atoms with E-state index in [-0.39, 0.29) is 12.0 Å². The summed E-state index contributed by atoms with van der Waals surface area (Å²) in [6, 6.07) is 6.99. The SMILES string of the molecule is Cc1ccc(C(N)C(=O)NCCCC(C)O)cc1. The molecule has 18 heavy (non-hydrogen) atoms. The molecule has 0 spiro atoms. The number of carbonyl (C=O) groups excluding carboxylic acids is 1. The molecule has 0 heterocycles. The molecule has 0 fully saturated rings. The van der Waals surface area contributed by atoms with Crippen molar-refractivity contribution in [3.8, 4) is 0 Å². The van der Waals surface area contributed by atoms with E-state index in [1.54, 1.807) is 6.92 Å². The predicted molar refractivity (Wildman–Crippen MR) is 72.0 cm³/mol. The van der Waals surface area contributed by atoms with Crippen molar-refractivity contribution in [1.29, 1.82) is 0 Å². The number of aliphatic hydroxyl groups excluding tert-OH is 1. The summed E-state index contributed by atoms with van der Waals surface area (Å²) in [5.74, 6) is -0.176. The standard InChI is InChI=1S/C14H22N2O2/c1-10-5-7-12(8-6-10)13(15)14(18)16-9-3-4-11(2)17/h5-8,11,13,17H,3-4,9,15H2,1-2H3,(H,16,18). The molecule has 0 aromatic heterocycles. The molecule has 1 rings (SSSR count). The Kier molecular flexibility index (Phi) is 5.82. The molecule has 4 N–H and O–H groups in total. The molecule has 4 nitrogen and oxygen atoms in total. The molecule has 0 saturated heterocycles. The highest BCUT2D eigenvalue weighted by molar-refractivity contribution is 5.82. The van der Waals surface area contributed by atoms with Crippen molar-refractivity contribution in [1.82, 2.24) is 5.32 Å². The molecule has 0 radical (unpaired) electrons. The van der Waals surface area contributed by atoms with Gasteiger partial charge in [0.05, 0.1) is 6.10 Å². The molecule has 2 unspecified atom stereocenters. The first-order chi connectivity index (χ1) is 8.50. The van der Waals surface area contributed by atoms with Crippen LogP contribution in [0.25, 0.3) is 0 Å². The van der Waals surface area contributed by atoms with Gasteiger partial charge in [-0.05, 0) is 32.3 Å². The zero-order valence-electron chi connectivity index (χ0n) is 11.0. The summed E-state index contributed by atoms with van der Waals surface area (Å²) in [6.07, 6.45) is 1.11. The fraction of sp³-hybridized carbons (Fsp3) is 0.500. The van der Waals surface area contributed by atoms with Gasteiger partial charge in [-0.2, -0.15) is 0 Å². The highest BCUT2D eigenvalue weighted by Crippen LogP contribution is 2.11. The Balaban J connectivity index is 2.39. The second kappa shape index (κ2) is 7.13. The van der Waals surface area contributed by atoms with Gasteiger partial charge < -0.3 is 16.2 Å². The van der Waals surface area contributed by atoms with E-state index in [9.17, 15) is 4.79 Å². The van der Waals surface area contributed by atoms with E-state index in [1.165, 1.54) is 0 Å². The molecule has 0 aliphatic heterocycles. The molecule has 100 valence electrons. The Hall–Kier alpha value is -1.39. The second-order valence-corrected chi connectivity index (χ2v) is 4.67. The van der Waals surface area contributed by atoms with Crippen LogP contribution in [0.4, 0.5) is 0 Å². The Morgan fingerprint density at radius 2 is 2.00 bits per heavy atom. The summed E-state index contributed by atoms with van der Waals surface area (Å²) in [4.78, 5) is 11.8. The van der Waals surface area contributed by atoms with Gasteiger partial charge in [-0.1, -0.05) is 29.8 Å². The van der Waals surface area contributed by atoms with E-state index in [0.29, 0.717) is 13.0 Å². The maximum atomic E-state index is 11.8. The highest BCUT2D eigenvalue weighted by Gasteiger charge is 2.14. The van der Waals surface area contributed by atoms with Gasteiger partial charge in [0.2, 0.25) is 5.91 Å². The zero-order chi connectivity index (χ0) is 13.5. The van der Waals surface area contributed by atoms with E-state index >= 15 is 0 Å². The number of amides is 1. The third kappa shape index (κ3) is 4.85. The second-order valence-electron chi connectivity index (χ2n) is 4.67. The highest BCUT2D eigenvalue weighted by atomic mass is 16.3. The maximum absolute atomic E-state index is 11.8. The molecule has 0 bridgehead atoms. The number of carbonyl (C=O) groups is 1. The van der Waals surface area contributed by atoms with Crippen LogP contribution >= 0.6 is 0 Å². The van der Waals surface area contributed by atoms with Crippen molar-refractivity contribution in [3.05, 3.63) is 35.4 Å². The van der Waals surface area contributed by atoms with Gasteiger partial charge in [0.15, 0.2) is 0 Å². The van der Waals surface area contributed by atoms with Crippen LogP contribution < -0.4 is 11.1 Å². The number of aliphatic hydroxyl groups is 1. The fourth-order valence-electron chi connectivity index (χ4n) is 1.64. The van der Waals surface area contributed by atoms with Crippen LogP contribution in [0.2, 0.25) is 0 Å². The molecule has 2 atom stereocenters. The number of aryl methyl sites for hydroxylation is 1. The van der Waals surface area contributed by atoms with Gasteiger partial charge >= 0.3 is 0 Å². The molecule has 4 heteroatoms. The van der Waals surface area contributed by atoms with E-state index < -0.39 is 6.04 Å². The van der Waals surface area contributed by atoms with Crippen LogP contribution in [0.5, 0.6) is 0 Å². The van der Waals surface area contributed by atoms with Gasteiger partial charge in [-0.25, -0.2) is 0 Å². The van der Waals surface area contributed by atoms with Crippen LogP contribution in [-0.2, 0) is 4.79 Å². The largest absolute Gasteiger partial charge is 0.393 e. The average molecular weight is 250 g/mol. The first-order valence-corrected chi connectivity index (χ1v) is 6.28. The molecular weight excluding hydrogens is 228 g/mol. The number of hydrogen-bond acceptors (Lipinski definition) is 3. The van der Waals surface area contributed by atoms with Crippen LogP contribution in [-0.4, -0.2) is 23.7 Å². The van der Waals surface area contributed by atoms with Crippen LogP contribution in [0.15, 0.2) is 24.3 Å². The van der Waals surface area contributed by atoms with Crippen molar-refractivity contribution >= 4 is 5.91 Å². The van der Waals surface area contributed by atoms with Gasteiger partial charge in [0.25, 0.3) is 0 Å². The molecular formula is C14H22N2O2. The minimum atomic E-state index is -0.628. The molecule has 1 amide bonds. The van der Waals surface area contributed by atoms with Crippen molar-refractivity contribution in [2.45, 2.75) is 38.8 Å². The lowest BCUT2D eigenvalue weighted by Gasteiger charge is -2.13. The molecule has 0 aliphatic rings. The van der Waals surface area contributed by atoms with Crippen LogP contribution in [0, 0.1) is 6.92 Å². The van der Waals surface area contributed by atoms with Crippen molar-refractivity contribution < 1.29 is 9.90 Å². The van der Waals surface area contributed by atoms with Crippen molar-refractivity contribution in [3.63, 3.8) is 0 Å². The summed E-state index contributed by atoms with van der Waals surface area (Å²) < 4.78 is 0. The first-order valence-electron chi connectivity index (χ1n) is 6.28. The average Bonchev–Trinajstić information content (AvgIpc) is 2.34. The maximum Gasteiger partial charge on any atom is 0.241 e. The smallest absolute Gasteiger partial charge is 0.241 e. The fourth-order valence-corrected chi connectivity index (χ4v) is 1.64. The predicted octanol–water partition coefficient (Wildman–Crippen LogP) is 1.27. The number of nitrogens with one attached hydrogen (secondary N) is 1. The summed E-state index contributed by atoms with van der Waals surface area (Å²) >= 11 is 0. The lowest BCUT2D eigenvalue weighted by atomic mass is 10.1. The Bertz CT molecular complexity index is 374. The van der Waals surface area contributed by atoms with Crippen molar-refractivity contribution in [2.75, 3.05) is 6.54 Å². The molecule has 0 aliphatic carbocycles. The Morgan fingerprint density at radius 1 is 1.39 bits per heavy atom. The summed E-state index contributed by atoms with van der Waals surface area (Å²) in [5.41, 5.74) is 7.82. The van der Waals surface area contributed by atoms with Crippen LogP contribution in [0.1, 0.15) is 36.9 Å². The zero-order valence-corrected chi connectivity index (χ0v) is 11.0. The van der Waals surface area contributed by atoms with Gasteiger partial charge in [0.1, 0.15) is 6.04 Å². The Labute approximate surface area is 108 Å². The number of nitrogens with two attached hydrogens (primary N) is 1. The monoisotopic (exact) mass is 250 g/mol. The van der Waals surface area contributed by atoms with Gasteiger partial charge in [-0.15, -0.1) is 0 Å².